The van der Waals surface area contributed by atoms with Crippen LogP contribution in [0.1, 0.15) is 44.6 Å². The Balaban J connectivity index is 1.43. The minimum Gasteiger partial charge on any atom is -0.376 e. The molecule has 2 saturated carbocycles. The highest BCUT2D eigenvalue weighted by Crippen LogP contribution is 2.33. The van der Waals surface area contributed by atoms with E-state index in [1.165, 1.54) is 0 Å². The van der Waals surface area contributed by atoms with Gasteiger partial charge in [0.15, 0.2) is 5.82 Å². The maximum Gasteiger partial charge on any atom is 0.293 e. The molecule has 3 rings (SSSR count). The second kappa shape index (κ2) is 6.58. The summed E-state index contributed by atoms with van der Waals surface area (Å²) in [4.78, 5) is 16.3. The number of aromatic nitrogens is 2. The number of hydrogen-bond donors (Lipinski definition) is 2. The minimum atomic E-state index is -0.0244. The maximum atomic E-state index is 12.2. The number of rotatable bonds is 6. The first-order valence-electron chi connectivity index (χ1n) is 7.92. The first-order valence-corrected chi connectivity index (χ1v) is 7.92. The number of hydrogen-bond acceptors (Lipinski definition) is 5. The summed E-state index contributed by atoms with van der Waals surface area (Å²) < 4.78 is 7.60. The molecule has 0 amide bonds. The van der Waals surface area contributed by atoms with Crippen LogP contribution >= 0.6 is 0 Å². The van der Waals surface area contributed by atoms with Gasteiger partial charge in [-0.25, -0.2) is 4.98 Å². The molecule has 2 fully saturated rings. The third-order valence-electron chi connectivity index (χ3n) is 4.28. The molecule has 0 aliphatic heterocycles. The van der Waals surface area contributed by atoms with Gasteiger partial charge in [-0.05, 0) is 38.5 Å². The molecule has 0 radical (unpaired) electrons. The van der Waals surface area contributed by atoms with Crippen molar-refractivity contribution in [1.82, 2.24) is 9.55 Å². The minimum absolute atomic E-state index is 0.0244. The number of anilines is 1. The summed E-state index contributed by atoms with van der Waals surface area (Å²) in [5.74, 6) is 0.429. The summed E-state index contributed by atoms with van der Waals surface area (Å²) >= 11 is 0. The quantitative estimate of drug-likeness (QED) is 0.772. The lowest BCUT2D eigenvalue weighted by Gasteiger charge is -2.26. The van der Waals surface area contributed by atoms with E-state index in [1.54, 1.807) is 17.0 Å². The fraction of sp³-hybridized carbons (Fsp3) is 0.733. The van der Waals surface area contributed by atoms with E-state index >= 15 is 0 Å². The van der Waals surface area contributed by atoms with Gasteiger partial charge in [0.25, 0.3) is 5.56 Å². The van der Waals surface area contributed by atoms with Gasteiger partial charge in [-0.15, -0.1) is 0 Å². The van der Waals surface area contributed by atoms with Crippen LogP contribution in [-0.2, 0) is 4.74 Å². The van der Waals surface area contributed by atoms with Gasteiger partial charge >= 0.3 is 0 Å². The maximum absolute atomic E-state index is 12.2. The van der Waals surface area contributed by atoms with E-state index in [0.29, 0.717) is 37.2 Å². The first-order chi connectivity index (χ1) is 10.2. The van der Waals surface area contributed by atoms with Crippen LogP contribution in [-0.4, -0.2) is 34.8 Å². The third-order valence-corrected chi connectivity index (χ3v) is 4.28. The van der Waals surface area contributed by atoms with Gasteiger partial charge < -0.3 is 20.4 Å². The second-order valence-corrected chi connectivity index (χ2v) is 6.05. The monoisotopic (exact) mass is 292 g/mol. The first kappa shape index (κ1) is 14.5. The largest absolute Gasteiger partial charge is 0.376 e. The molecule has 21 heavy (non-hydrogen) atoms. The van der Waals surface area contributed by atoms with Crippen molar-refractivity contribution in [2.45, 2.75) is 56.7 Å². The van der Waals surface area contributed by atoms with E-state index in [2.05, 4.69) is 10.3 Å². The number of nitrogens with two attached hydrogens (primary N) is 1. The summed E-state index contributed by atoms with van der Waals surface area (Å²) in [5.41, 5.74) is 5.85. The van der Waals surface area contributed by atoms with Crippen molar-refractivity contribution in [1.29, 1.82) is 0 Å². The highest BCUT2D eigenvalue weighted by atomic mass is 16.5. The average molecular weight is 292 g/mol. The van der Waals surface area contributed by atoms with Crippen LogP contribution in [0.25, 0.3) is 0 Å². The van der Waals surface area contributed by atoms with Gasteiger partial charge in [0.2, 0.25) is 0 Å². The van der Waals surface area contributed by atoms with Crippen molar-refractivity contribution in [3.05, 3.63) is 22.7 Å². The topological polar surface area (TPSA) is 82.2 Å². The van der Waals surface area contributed by atoms with Crippen LogP contribution in [0.5, 0.6) is 0 Å². The van der Waals surface area contributed by atoms with E-state index in [4.69, 9.17) is 10.5 Å². The predicted octanol–water partition coefficient (Wildman–Crippen LogP) is 1.28. The molecule has 0 saturated heterocycles. The number of nitrogens with one attached hydrogen (secondary N) is 1. The molecule has 0 spiro atoms. The molecule has 6 nitrogen and oxygen atoms in total. The molecule has 116 valence electrons. The van der Waals surface area contributed by atoms with E-state index in [-0.39, 0.29) is 5.56 Å². The van der Waals surface area contributed by atoms with Crippen molar-refractivity contribution in [2.24, 2.45) is 5.73 Å². The lowest BCUT2D eigenvalue weighted by atomic mass is 9.94. The molecule has 6 heteroatoms. The molecule has 0 unspecified atom stereocenters. The molecular weight excluding hydrogens is 268 g/mol. The highest BCUT2D eigenvalue weighted by molar-refractivity contribution is 5.31. The van der Waals surface area contributed by atoms with Gasteiger partial charge in [0, 0.05) is 31.0 Å². The Bertz CT molecular complexity index is 519. The Morgan fingerprint density at radius 3 is 2.76 bits per heavy atom. The third kappa shape index (κ3) is 3.83. The Labute approximate surface area is 124 Å². The van der Waals surface area contributed by atoms with Crippen LogP contribution in [0.3, 0.4) is 0 Å². The van der Waals surface area contributed by atoms with Gasteiger partial charge in [0.1, 0.15) is 0 Å². The Morgan fingerprint density at radius 2 is 2.05 bits per heavy atom. The molecule has 0 bridgehead atoms. The van der Waals surface area contributed by atoms with E-state index in [9.17, 15) is 4.79 Å². The zero-order valence-electron chi connectivity index (χ0n) is 12.3. The molecule has 2 aliphatic rings. The molecule has 1 aromatic heterocycles. The molecule has 0 atom stereocenters. The summed E-state index contributed by atoms with van der Waals surface area (Å²) in [6, 6.07) is 0.723. The number of nitrogens with zero attached hydrogens (tertiary/aromatic N) is 2. The molecule has 3 N–H and O–H groups in total. The summed E-state index contributed by atoms with van der Waals surface area (Å²) in [7, 11) is 0. The van der Waals surface area contributed by atoms with Crippen LogP contribution < -0.4 is 16.6 Å². The van der Waals surface area contributed by atoms with E-state index < -0.39 is 0 Å². The standard InChI is InChI=1S/C15H24N4O2/c16-11-1-5-13(6-2-11)21-10-8-18-14-15(20)19(9-7-17-14)12-3-4-12/h7,9,11-13H,1-6,8,10,16H2,(H,17,18). The van der Waals surface area contributed by atoms with Crippen molar-refractivity contribution in [2.75, 3.05) is 18.5 Å². The predicted molar refractivity (Wildman–Crippen MR) is 81.4 cm³/mol. The molecular formula is C15H24N4O2. The van der Waals surface area contributed by atoms with Gasteiger partial charge in [0.05, 0.1) is 12.7 Å². The number of ether oxygens (including phenoxy) is 1. The Kier molecular flexibility index (Phi) is 4.55. The van der Waals surface area contributed by atoms with Crippen molar-refractivity contribution < 1.29 is 4.74 Å². The van der Waals surface area contributed by atoms with Crippen molar-refractivity contribution in [3.63, 3.8) is 0 Å². The Morgan fingerprint density at radius 1 is 1.29 bits per heavy atom. The zero-order chi connectivity index (χ0) is 14.7. The SMILES string of the molecule is NC1CCC(OCCNc2nccn(C3CC3)c2=O)CC1. The van der Waals surface area contributed by atoms with Crippen molar-refractivity contribution in [3.8, 4) is 0 Å². The molecule has 2 aliphatic carbocycles. The lowest BCUT2D eigenvalue weighted by Crippen LogP contribution is -2.31. The molecule has 1 aromatic rings. The zero-order valence-corrected chi connectivity index (χ0v) is 12.3. The van der Waals surface area contributed by atoms with Gasteiger partial charge in [-0.3, -0.25) is 4.79 Å². The summed E-state index contributed by atoms with van der Waals surface area (Å²) in [6.07, 6.45) is 10.1. The van der Waals surface area contributed by atoms with Crippen LogP contribution in [0.4, 0.5) is 5.82 Å². The van der Waals surface area contributed by atoms with E-state index in [1.807, 2.05) is 0 Å². The lowest BCUT2D eigenvalue weighted by molar-refractivity contribution is 0.0313. The fourth-order valence-corrected chi connectivity index (χ4v) is 2.84. The summed E-state index contributed by atoms with van der Waals surface area (Å²) in [6.45, 7) is 1.21. The second-order valence-electron chi connectivity index (χ2n) is 6.05. The molecule has 1 heterocycles. The van der Waals surface area contributed by atoms with Crippen molar-refractivity contribution >= 4 is 5.82 Å². The smallest absolute Gasteiger partial charge is 0.293 e. The summed E-state index contributed by atoms with van der Waals surface area (Å²) in [5, 5.41) is 3.09. The highest BCUT2D eigenvalue weighted by Gasteiger charge is 2.25. The fourth-order valence-electron chi connectivity index (χ4n) is 2.84. The normalized spacial score (nSPS) is 25.8. The molecule has 0 aromatic carbocycles. The Hall–Kier alpha value is -1.40. The van der Waals surface area contributed by atoms with Crippen LogP contribution in [0, 0.1) is 0 Å². The van der Waals surface area contributed by atoms with E-state index in [0.717, 1.165) is 38.5 Å². The van der Waals surface area contributed by atoms with Gasteiger partial charge in [-0.1, -0.05) is 0 Å². The average Bonchev–Trinajstić information content (AvgIpc) is 3.31. The van der Waals surface area contributed by atoms with Gasteiger partial charge in [-0.2, -0.15) is 0 Å². The van der Waals surface area contributed by atoms with Crippen LogP contribution in [0.15, 0.2) is 17.2 Å². The van der Waals surface area contributed by atoms with Crippen LogP contribution in [0.2, 0.25) is 0 Å².